The smallest absolute Gasteiger partial charge is 0.138 e. The molecule has 3 aromatic carbocycles. The summed E-state index contributed by atoms with van der Waals surface area (Å²) in [5.74, 6) is 0. The molecule has 0 saturated heterocycles. The van der Waals surface area contributed by atoms with Crippen LogP contribution in [0.25, 0.3) is 32.7 Å². The second kappa shape index (κ2) is 25.8. The summed E-state index contributed by atoms with van der Waals surface area (Å²) in [7, 11) is 0. The monoisotopic (exact) mass is 697 g/mol. The summed E-state index contributed by atoms with van der Waals surface area (Å²) >= 11 is 0. The molecule has 0 unspecified atom stereocenters. The van der Waals surface area contributed by atoms with E-state index in [0.29, 0.717) is 10.4 Å². The van der Waals surface area contributed by atoms with Gasteiger partial charge in [0.1, 0.15) is 35.4 Å². The van der Waals surface area contributed by atoms with Crippen LogP contribution in [0.1, 0.15) is 179 Å². The van der Waals surface area contributed by atoms with E-state index in [1.54, 1.807) is 0 Å². The third-order valence-corrected chi connectivity index (χ3v) is 10.8. The van der Waals surface area contributed by atoms with Crippen molar-refractivity contribution in [1.29, 1.82) is 21.0 Å². The number of hydrogen-bond acceptors (Lipinski definition) is 4. The first-order valence-corrected chi connectivity index (χ1v) is 21.0. The normalized spacial score (nSPS) is 10.9. The minimum atomic E-state index is 0.0632. The Morgan fingerprint density at radius 3 is 0.904 bits per heavy atom. The van der Waals surface area contributed by atoms with Gasteiger partial charge in [0, 0.05) is 10.4 Å². The standard InChI is InChI=1S/C48H64N4/c1-3-5-7-9-11-13-15-17-19-21-23-25-27-39-29-31-43-45(33-39)47(41(35-49)36-50)44-32-30-40(34-46(44)48(43)42(37-51)38-52)28-26-24-22-20-18-16-14-12-10-8-6-4-2/h29-34H,3-28H2,1-2H3. The molecule has 3 rings (SSSR count). The predicted molar refractivity (Wildman–Crippen MR) is 220 cm³/mol. The minimum Gasteiger partial charge on any atom is -0.192 e. The number of rotatable bonds is 26. The lowest BCUT2D eigenvalue weighted by molar-refractivity contribution is 0.544. The molecule has 0 amide bonds. The van der Waals surface area contributed by atoms with Gasteiger partial charge in [-0.15, -0.1) is 0 Å². The van der Waals surface area contributed by atoms with Crippen molar-refractivity contribution >= 4 is 32.7 Å². The minimum absolute atomic E-state index is 0.0632. The van der Waals surface area contributed by atoms with Crippen molar-refractivity contribution in [3.05, 3.63) is 58.0 Å². The first-order chi connectivity index (χ1) is 25.6. The number of nitriles is 4. The van der Waals surface area contributed by atoms with Crippen LogP contribution in [-0.2, 0) is 12.8 Å². The summed E-state index contributed by atoms with van der Waals surface area (Å²) < 4.78 is 0. The molecule has 0 atom stereocenters. The molecule has 0 aliphatic carbocycles. The molecule has 0 fully saturated rings. The van der Waals surface area contributed by atoms with Gasteiger partial charge >= 0.3 is 0 Å². The average Bonchev–Trinajstić information content (AvgIpc) is 3.17. The molecule has 0 heterocycles. The lowest BCUT2D eigenvalue weighted by atomic mass is 9.90. The first-order valence-electron chi connectivity index (χ1n) is 21.0. The zero-order valence-corrected chi connectivity index (χ0v) is 32.6. The third kappa shape index (κ3) is 13.8. The Labute approximate surface area is 315 Å². The van der Waals surface area contributed by atoms with Gasteiger partial charge in [0.25, 0.3) is 0 Å². The van der Waals surface area contributed by atoms with Gasteiger partial charge < -0.3 is 0 Å². The fourth-order valence-electron chi connectivity index (χ4n) is 7.79. The third-order valence-electron chi connectivity index (χ3n) is 10.8. The molecule has 4 nitrogen and oxygen atoms in total. The lowest BCUT2D eigenvalue weighted by Crippen LogP contribution is -2.19. The van der Waals surface area contributed by atoms with Crippen molar-refractivity contribution in [1.82, 2.24) is 0 Å². The number of unbranched alkanes of at least 4 members (excludes halogenated alkanes) is 22. The van der Waals surface area contributed by atoms with Crippen LogP contribution in [0, 0.1) is 45.3 Å². The van der Waals surface area contributed by atoms with Crippen LogP contribution in [0.15, 0.2) is 36.4 Å². The fraction of sp³-hybridized carbons (Fsp3) is 0.583. The van der Waals surface area contributed by atoms with Gasteiger partial charge in [-0.3, -0.25) is 0 Å². The van der Waals surface area contributed by atoms with Crippen molar-refractivity contribution in [2.45, 2.75) is 181 Å². The summed E-state index contributed by atoms with van der Waals surface area (Å²) in [5, 5.41) is 44.6. The van der Waals surface area contributed by atoms with E-state index in [2.05, 4.69) is 62.4 Å². The number of nitrogens with zero attached hydrogens (tertiary/aromatic N) is 4. The molecular formula is C48H64N4. The van der Waals surface area contributed by atoms with Gasteiger partial charge in [-0.2, -0.15) is 21.0 Å². The highest BCUT2D eigenvalue weighted by Crippen LogP contribution is 2.22. The van der Waals surface area contributed by atoms with Crippen molar-refractivity contribution in [2.75, 3.05) is 0 Å². The summed E-state index contributed by atoms with van der Waals surface area (Å²) in [6, 6.07) is 21.0. The van der Waals surface area contributed by atoms with Gasteiger partial charge in [0.2, 0.25) is 0 Å². The Morgan fingerprint density at radius 2 is 0.635 bits per heavy atom. The number of fused-ring (bicyclic) bond motifs is 2. The molecule has 52 heavy (non-hydrogen) atoms. The number of aryl methyl sites for hydroxylation is 2. The zero-order valence-electron chi connectivity index (χ0n) is 32.6. The molecular weight excluding hydrogens is 633 g/mol. The van der Waals surface area contributed by atoms with E-state index in [-0.39, 0.29) is 11.1 Å². The van der Waals surface area contributed by atoms with Crippen molar-refractivity contribution in [3.63, 3.8) is 0 Å². The molecule has 0 saturated carbocycles. The topological polar surface area (TPSA) is 95.2 Å². The molecule has 0 aliphatic rings. The van der Waals surface area contributed by atoms with Gasteiger partial charge in [0.15, 0.2) is 0 Å². The SMILES string of the molecule is CCCCCCCCCCCCCCc1ccc2c(=C(C#N)C#N)c3cc(CCCCCCCCCCCCCC)ccc3c(=C(C#N)C#N)c2c1. The maximum absolute atomic E-state index is 10.1. The lowest BCUT2D eigenvalue weighted by Gasteiger charge is -2.12. The first kappa shape index (κ1) is 42.3. The van der Waals surface area contributed by atoms with Crippen LogP contribution >= 0.6 is 0 Å². The molecule has 0 N–H and O–H groups in total. The Bertz CT molecular complexity index is 1650. The van der Waals surface area contributed by atoms with Crippen LogP contribution in [0.3, 0.4) is 0 Å². The van der Waals surface area contributed by atoms with Crippen LogP contribution in [0.2, 0.25) is 0 Å². The predicted octanol–water partition coefficient (Wildman–Crippen LogP) is 12.9. The second-order valence-electron chi connectivity index (χ2n) is 15.0. The summed E-state index contributed by atoms with van der Waals surface area (Å²) in [5.41, 5.74) is 2.43. The van der Waals surface area contributed by atoms with Crippen LogP contribution in [-0.4, -0.2) is 0 Å². The number of benzene rings is 3. The van der Waals surface area contributed by atoms with E-state index >= 15 is 0 Å². The van der Waals surface area contributed by atoms with Crippen molar-refractivity contribution < 1.29 is 0 Å². The Balaban J connectivity index is 1.73. The second-order valence-corrected chi connectivity index (χ2v) is 15.0. The molecule has 276 valence electrons. The van der Waals surface area contributed by atoms with E-state index in [0.717, 1.165) is 58.4 Å². The molecule has 0 aromatic heterocycles. The largest absolute Gasteiger partial charge is 0.192 e. The Kier molecular flexibility index (Phi) is 21.0. The van der Waals surface area contributed by atoms with Crippen molar-refractivity contribution in [3.8, 4) is 24.3 Å². The van der Waals surface area contributed by atoms with Crippen LogP contribution in [0.5, 0.6) is 0 Å². The maximum atomic E-state index is 10.1. The van der Waals surface area contributed by atoms with Crippen molar-refractivity contribution in [2.24, 2.45) is 0 Å². The Morgan fingerprint density at radius 1 is 0.365 bits per heavy atom. The molecule has 0 spiro atoms. The highest BCUT2D eigenvalue weighted by Gasteiger charge is 2.14. The molecule has 0 radical (unpaired) electrons. The van der Waals surface area contributed by atoms with Gasteiger partial charge in [-0.25, -0.2) is 0 Å². The van der Waals surface area contributed by atoms with Crippen LogP contribution in [0.4, 0.5) is 0 Å². The van der Waals surface area contributed by atoms with E-state index in [1.807, 2.05) is 12.1 Å². The molecule has 4 heteroatoms. The maximum Gasteiger partial charge on any atom is 0.138 e. The van der Waals surface area contributed by atoms with Gasteiger partial charge in [-0.05, 0) is 58.4 Å². The molecule has 0 bridgehead atoms. The summed E-state index contributed by atoms with van der Waals surface area (Å²) in [6.07, 6.45) is 33.1. The highest BCUT2D eigenvalue weighted by atomic mass is 14.3. The van der Waals surface area contributed by atoms with Gasteiger partial charge in [-0.1, -0.05) is 192 Å². The fourth-order valence-corrected chi connectivity index (χ4v) is 7.79. The van der Waals surface area contributed by atoms with Gasteiger partial charge in [0.05, 0.1) is 0 Å². The summed E-state index contributed by atoms with van der Waals surface area (Å²) in [6.45, 7) is 4.53. The molecule has 0 aliphatic heterocycles. The van der Waals surface area contributed by atoms with E-state index in [4.69, 9.17) is 0 Å². The quantitative estimate of drug-likeness (QED) is 0.0616. The zero-order chi connectivity index (χ0) is 37.2. The molecule has 3 aromatic rings. The van der Waals surface area contributed by atoms with E-state index in [9.17, 15) is 21.0 Å². The Hall–Kier alpha value is -4.12. The summed E-state index contributed by atoms with van der Waals surface area (Å²) in [4.78, 5) is 0. The van der Waals surface area contributed by atoms with Crippen LogP contribution < -0.4 is 10.4 Å². The van der Waals surface area contributed by atoms with E-state index < -0.39 is 0 Å². The average molecular weight is 697 g/mol. The highest BCUT2D eigenvalue weighted by molar-refractivity contribution is 6.06. The number of hydrogen-bond donors (Lipinski definition) is 0. The van der Waals surface area contributed by atoms with E-state index in [1.165, 1.54) is 141 Å².